The number of hydrogen-bond acceptors (Lipinski definition) is 5. The Bertz CT molecular complexity index is 1250. The molecular weight excluding hydrogens is 464 g/mol. The molecule has 35 heavy (non-hydrogen) atoms. The fourth-order valence-corrected chi connectivity index (χ4v) is 5.90. The molecule has 0 spiro atoms. The van der Waals surface area contributed by atoms with E-state index in [9.17, 15) is 13.2 Å². The number of aromatic nitrogens is 2. The van der Waals surface area contributed by atoms with Crippen molar-refractivity contribution in [2.24, 2.45) is 0 Å². The molecule has 1 fully saturated rings. The van der Waals surface area contributed by atoms with E-state index in [1.54, 1.807) is 12.1 Å². The van der Waals surface area contributed by atoms with E-state index in [1.165, 1.54) is 9.87 Å². The van der Waals surface area contributed by atoms with Gasteiger partial charge in [0, 0.05) is 38.5 Å². The standard InChI is InChI=1S/C26H34N4O4S/c1-3-30-24-12-11-22(35(32,33)29-15-17-34-18-16-29)19-23(24)28-25(30)13-14-26(31)27-20(2)9-10-21-7-5-4-6-8-21/h4-8,11-12,19-20H,3,9-10,13-18H2,1-2H3,(H,27,31). The molecule has 1 amide bonds. The molecule has 188 valence electrons. The van der Waals surface area contributed by atoms with Gasteiger partial charge in [-0.3, -0.25) is 4.79 Å². The van der Waals surface area contributed by atoms with Crippen molar-refractivity contribution in [3.8, 4) is 0 Å². The van der Waals surface area contributed by atoms with Gasteiger partial charge in [0.05, 0.1) is 29.1 Å². The van der Waals surface area contributed by atoms with Crippen LogP contribution in [0.2, 0.25) is 0 Å². The normalized spacial score (nSPS) is 15.8. The molecule has 2 heterocycles. The lowest BCUT2D eigenvalue weighted by atomic mass is 10.1. The van der Waals surface area contributed by atoms with E-state index < -0.39 is 10.0 Å². The summed E-state index contributed by atoms with van der Waals surface area (Å²) in [5.74, 6) is 0.784. The fourth-order valence-electron chi connectivity index (χ4n) is 4.47. The number of aryl methyl sites for hydroxylation is 3. The summed E-state index contributed by atoms with van der Waals surface area (Å²) in [6.45, 7) is 6.26. The van der Waals surface area contributed by atoms with E-state index in [4.69, 9.17) is 9.72 Å². The molecule has 0 aliphatic carbocycles. The Morgan fingerprint density at radius 2 is 1.86 bits per heavy atom. The number of benzene rings is 2. The first-order chi connectivity index (χ1) is 16.9. The number of ether oxygens (including phenoxy) is 1. The summed E-state index contributed by atoms with van der Waals surface area (Å²) in [4.78, 5) is 17.5. The molecule has 8 nitrogen and oxygen atoms in total. The summed E-state index contributed by atoms with van der Waals surface area (Å²) in [5, 5.41) is 3.09. The number of nitrogens with one attached hydrogen (secondary N) is 1. The number of imidazole rings is 1. The maximum absolute atomic E-state index is 13.0. The predicted molar refractivity (Wildman–Crippen MR) is 136 cm³/mol. The molecule has 1 aliphatic rings. The van der Waals surface area contributed by atoms with Gasteiger partial charge in [0.25, 0.3) is 0 Å². The molecule has 1 N–H and O–H groups in total. The molecule has 4 rings (SSSR count). The second kappa shape index (κ2) is 11.3. The van der Waals surface area contributed by atoms with Crippen LogP contribution >= 0.6 is 0 Å². The van der Waals surface area contributed by atoms with Crippen molar-refractivity contribution >= 4 is 27.0 Å². The lowest BCUT2D eigenvalue weighted by Crippen LogP contribution is -2.40. The van der Waals surface area contributed by atoms with Crippen LogP contribution in [0.1, 0.15) is 38.1 Å². The van der Waals surface area contributed by atoms with Crippen molar-refractivity contribution in [2.45, 2.75) is 57.0 Å². The lowest BCUT2D eigenvalue weighted by Gasteiger charge is -2.26. The van der Waals surface area contributed by atoms with Crippen LogP contribution in [0.5, 0.6) is 0 Å². The molecule has 3 aromatic rings. The zero-order chi connectivity index (χ0) is 24.8. The maximum atomic E-state index is 13.0. The van der Waals surface area contributed by atoms with E-state index in [-0.39, 0.29) is 16.8 Å². The SMILES string of the molecule is CCn1c(CCC(=O)NC(C)CCc2ccccc2)nc2cc(S(=O)(=O)N3CCOCC3)ccc21. The van der Waals surface area contributed by atoms with E-state index in [2.05, 4.69) is 17.4 Å². The highest BCUT2D eigenvalue weighted by atomic mass is 32.2. The summed E-state index contributed by atoms with van der Waals surface area (Å²) in [6.07, 6.45) is 2.62. The minimum atomic E-state index is -3.59. The van der Waals surface area contributed by atoms with Crippen LogP contribution < -0.4 is 5.32 Å². The molecular formula is C26H34N4O4S. The van der Waals surface area contributed by atoms with Crippen molar-refractivity contribution in [1.29, 1.82) is 0 Å². The van der Waals surface area contributed by atoms with Crippen LogP contribution in [-0.2, 0) is 38.9 Å². The van der Waals surface area contributed by atoms with Gasteiger partial charge in [-0.15, -0.1) is 0 Å². The third-order valence-corrected chi connectivity index (χ3v) is 8.31. The fraction of sp³-hybridized carbons (Fsp3) is 0.462. The number of hydrogen-bond donors (Lipinski definition) is 1. The summed E-state index contributed by atoms with van der Waals surface area (Å²) in [6, 6.07) is 15.4. The number of nitrogens with zero attached hydrogens (tertiary/aromatic N) is 3. The van der Waals surface area contributed by atoms with E-state index in [0.717, 1.165) is 24.2 Å². The Morgan fingerprint density at radius 1 is 1.11 bits per heavy atom. The van der Waals surface area contributed by atoms with Gasteiger partial charge in [0.15, 0.2) is 0 Å². The number of fused-ring (bicyclic) bond motifs is 1. The molecule has 0 saturated carbocycles. The monoisotopic (exact) mass is 498 g/mol. The zero-order valence-electron chi connectivity index (χ0n) is 20.4. The van der Waals surface area contributed by atoms with Gasteiger partial charge in [-0.2, -0.15) is 4.31 Å². The second-order valence-electron chi connectivity index (χ2n) is 8.93. The number of sulfonamides is 1. The average molecular weight is 499 g/mol. The van der Waals surface area contributed by atoms with E-state index in [0.29, 0.717) is 51.2 Å². The highest BCUT2D eigenvalue weighted by molar-refractivity contribution is 7.89. The van der Waals surface area contributed by atoms with E-state index in [1.807, 2.05) is 42.7 Å². The van der Waals surface area contributed by atoms with Crippen molar-refractivity contribution in [2.75, 3.05) is 26.3 Å². The largest absolute Gasteiger partial charge is 0.379 e. The quantitative estimate of drug-likeness (QED) is 0.464. The number of carbonyl (C=O) groups is 1. The maximum Gasteiger partial charge on any atom is 0.243 e. The van der Waals surface area contributed by atoms with Crippen molar-refractivity contribution in [1.82, 2.24) is 19.2 Å². The van der Waals surface area contributed by atoms with Gasteiger partial charge in [-0.1, -0.05) is 30.3 Å². The molecule has 1 saturated heterocycles. The Hall–Kier alpha value is -2.75. The van der Waals surface area contributed by atoms with Crippen molar-refractivity contribution in [3.63, 3.8) is 0 Å². The van der Waals surface area contributed by atoms with Crippen LogP contribution in [0.25, 0.3) is 11.0 Å². The van der Waals surface area contributed by atoms with Crippen LogP contribution in [0.3, 0.4) is 0 Å². The number of carbonyl (C=O) groups excluding carboxylic acids is 1. The summed E-state index contributed by atoms with van der Waals surface area (Å²) >= 11 is 0. The highest BCUT2D eigenvalue weighted by Crippen LogP contribution is 2.24. The smallest absolute Gasteiger partial charge is 0.243 e. The van der Waals surface area contributed by atoms with Gasteiger partial charge in [-0.25, -0.2) is 13.4 Å². The Morgan fingerprint density at radius 3 is 2.57 bits per heavy atom. The molecule has 1 atom stereocenters. The third-order valence-electron chi connectivity index (χ3n) is 6.41. The molecule has 1 unspecified atom stereocenters. The Labute approximate surface area is 207 Å². The first kappa shape index (κ1) is 25.3. The Balaban J connectivity index is 1.40. The first-order valence-corrected chi connectivity index (χ1v) is 13.7. The second-order valence-corrected chi connectivity index (χ2v) is 10.9. The summed E-state index contributed by atoms with van der Waals surface area (Å²) in [5.41, 5.74) is 2.77. The van der Waals surface area contributed by atoms with Crippen LogP contribution in [0.15, 0.2) is 53.4 Å². The summed E-state index contributed by atoms with van der Waals surface area (Å²) in [7, 11) is -3.59. The minimum absolute atomic E-state index is 0.00384. The van der Waals surface area contributed by atoms with Crippen molar-refractivity contribution < 1.29 is 17.9 Å². The topological polar surface area (TPSA) is 93.5 Å². The van der Waals surface area contributed by atoms with Gasteiger partial charge in [0.2, 0.25) is 15.9 Å². The van der Waals surface area contributed by atoms with Gasteiger partial charge >= 0.3 is 0 Å². The minimum Gasteiger partial charge on any atom is -0.379 e. The summed E-state index contributed by atoms with van der Waals surface area (Å²) < 4.78 is 34.9. The third kappa shape index (κ3) is 6.09. The number of rotatable bonds is 10. The first-order valence-electron chi connectivity index (χ1n) is 12.3. The number of morpholine rings is 1. The molecule has 0 bridgehead atoms. The molecule has 1 aliphatic heterocycles. The predicted octanol–water partition coefficient (Wildman–Crippen LogP) is 3.15. The average Bonchev–Trinajstić information content (AvgIpc) is 3.24. The van der Waals surface area contributed by atoms with Crippen LogP contribution in [0.4, 0.5) is 0 Å². The molecule has 1 aromatic heterocycles. The van der Waals surface area contributed by atoms with E-state index >= 15 is 0 Å². The molecule has 9 heteroatoms. The Kier molecular flexibility index (Phi) is 8.20. The van der Waals surface area contributed by atoms with Gasteiger partial charge in [-0.05, 0) is 50.5 Å². The van der Waals surface area contributed by atoms with Gasteiger partial charge < -0.3 is 14.6 Å². The number of amides is 1. The van der Waals surface area contributed by atoms with Gasteiger partial charge in [0.1, 0.15) is 5.82 Å². The zero-order valence-corrected chi connectivity index (χ0v) is 21.3. The van der Waals surface area contributed by atoms with Crippen molar-refractivity contribution in [3.05, 3.63) is 59.9 Å². The molecule has 2 aromatic carbocycles. The lowest BCUT2D eigenvalue weighted by molar-refractivity contribution is -0.121. The van der Waals surface area contributed by atoms with Crippen LogP contribution in [0, 0.1) is 0 Å². The molecule has 0 radical (unpaired) electrons. The van der Waals surface area contributed by atoms with Crippen LogP contribution in [-0.4, -0.2) is 60.5 Å². The highest BCUT2D eigenvalue weighted by Gasteiger charge is 2.27.